The van der Waals surface area contributed by atoms with E-state index < -0.39 is 0 Å². The number of fused-ring (bicyclic) bond motifs is 2. The molecule has 3 heterocycles. The van der Waals surface area contributed by atoms with Crippen LogP contribution in [0.2, 0.25) is 0 Å². The lowest BCUT2D eigenvalue weighted by atomic mass is 9.99. The van der Waals surface area contributed by atoms with Crippen LogP contribution < -0.4 is 4.90 Å². The molecule has 5 nitrogen and oxygen atoms in total. The zero-order valence-corrected chi connectivity index (χ0v) is 14.3. The summed E-state index contributed by atoms with van der Waals surface area (Å²) in [5, 5.41) is 12.8. The molecule has 0 saturated carbocycles. The van der Waals surface area contributed by atoms with Crippen LogP contribution in [0.15, 0.2) is 54.6 Å². The number of benzene rings is 2. The third-order valence-corrected chi connectivity index (χ3v) is 4.90. The summed E-state index contributed by atoms with van der Waals surface area (Å²) in [5.74, 6) is 0.542. The third-order valence-electron chi connectivity index (χ3n) is 4.90. The first kappa shape index (κ1) is 15.9. The molecule has 5 rings (SSSR count). The molecule has 7 heteroatoms. The van der Waals surface area contributed by atoms with Crippen LogP contribution in [0.4, 0.5) is 14.6 Å². The van der Waals surface area contributed by atoms with Crippen molar-refractivity contribution in [3.8, 4) is 11.4 Å². The number of halogens is 2. The first-order chi connectivity index (χ1) is 13.2. The number of hydrogen-bond donors (Lipinski definition) is 0. The Morgan fingerprint density at radius 3 is 2.59 bits per heavy atom. The average molecular weight is 363 g/mol. The molecule has 27 heavy (non-hydrogen) atoms. The van der Waals surface area contributed by atoms with Crippen LogP contribution in [0.3, 0.4) is 0 Å². The van der Waals surface area contributed by atoms with Gasteiger partial charge in [-0.25, -0.2) is 8.78 Å². The average Bonchev–Trinajstić information content (AvgIpc) is 3.11. The molecule has 1 aliphatic rings. The molecule has 0 saturated heterocycles. The van der Waals surface area contributed by atoms with Crippen LogP contribution in [-0.4, -0.2) is 26.4 Å². The van der Waals surface area contributed by atoms with Gasteiger partial charge in [0.2, 0.25) is 0 Å². The molecule has 0 bridgehead atoms. The van der Waals surface area contributed by atoms with Gasteiger partial charge in [0, 0.05) is 13.1 Å². The fourth-order valence-electron chi connectivity index (χ4n) is 3.52. The summed E-state index contributed by atoms with van der Waals surface area (Å²) >= 11 is 0. The Morgan fingerprint density at radius 1 is 0.852 bits per heavy atom. The van der Waals surface area contributed by atoms with E-state index in [9.17, 15) is 8.78 Å². The fraction of sp³-hybridized carbons (Fsp3) is 0.150. The van der Waals surface area contributed by atoms with Gasteiger partial charge in [-0.3, -0.25) is 0 Å². The summed E-state index contributed by atoms with van der Waals surface area (Å²) < 4.78 is 29.7. The van der Waals surface area contributed by atoms with Gasteiger partial charge in [-0.15, -0.1) is 15.3 Å². The predicted octanol–water partition coefficient (Wildman–Crippen LogP) is 3.63. The van der Waals surface area contributed by atoms with E-state index in [1.807, 2.05) is 12.1 Å². The second kappa shape index (κ2) is 6.12. The van der Waals surface area contributed by atoms with Crippen LogP contribution in [0.25, 0.3) is 17.0 Å². The zero-order chi connectivity index (χ0) is 18.4. The first-order valence-corrected chi connectivity index (χ1v) is 8.69. The molecular formula is C20H15F2N5. The van der Waals surface area contributed by atoms with Crippen molar-refractivity contribution < 1.29 is 8.78 Å². The van der Waals surface area contributed by atoms with Crippen LogP contribution in [0.5, 0.6) is 0 Å². The third kappa shape index (κ3) is 2.63. The topological polar surface area (TPSA) is 46.3 Å². The van der Waals surface area contributed by atoms with E-state index in [1.165, 1.54) is 12.1 Å². The lowest BCUT2D eigenvalue weighted by Gasteiger charge is -2.29. The SMILES string of the molecule is Fc1ccccc1-c1nnc2ccc(N3CCc4c(F)cccc4C3)nn12. The maximum Gasteiger partial charge on any atom is 0.188 e. The van der Waals surface area contributed by atoms with Gasteiger partial charge in [0.1, 0.15) is 17.5 Å². The van der Waals surface area contributed by atoms with Crippen molar-refractivity contribution in [3.63, 3.8) is 0 Å². The quantitative estimate of drug-likeness (QED) is 0.546. The standard InChI is InChI=1S/C20H15F2N5/c21-16-7-3-4-13-12-26(11-10-14(13)16)19-9-8-18-23-24-20(27(18)25-19)15-5-1-2-6-17(15)22/h1-9H,10-12H2. The van der Waals surface area contributed by atoms with E-state index in [1.54, 1.807) is 34.8 Å². The molecule has 1 aliphatic heterocycles. The van der Waals surface area contributed by atoms with Crippen molar-refractivity contribution >= 4 is 11.5 Å². The van der Waals surface area contributed by atoms with Crippen LogP contribution in [-0.2, 0) is 13.0 Å². The molecule has 0 aliphatic carbocycles. The zero-order valence-electron chi connectivity index (χ0n) is 14.3. The summed E-state index contributed by atoms with van der Waals surface area (Å²) in [4.78, 5) is 2.08. The van der Waals surface area contributed by atoms with E-state index in [-0.39, 0.29) is 11.6 Å². The molecule has 2 aromatic carbocycles. The molecule has 0 spiro atoms. The number of rotatable bonds is 2. The number of anilines is 1. The van der Waals surface area contributed by atoms with Crippen molar-refractivity contribution in [2.75, 3.05) is 11.4 Å². The summed E-state index contributed by atoms with van der Waals surface area (Å²) in [6, 6.07) is 15.2. The van der Waals surface area contributed by atoms with Crippen molar-refractivity contribution in [2.45, 2.75) is 13.0 Å². The van der Waals surface area contributed by atoms with E-state index >= 15 is 0 Å². The first-order valence-electron chi connectivity index (χ1n) is 8.69. The van der Waals surface area contributed by atoms with E-state index in [4.69, 9.17) is 0 Å². The van der Waals surface area contributed by atoms with E-state index in [2.05, 4.69) is 20.2 Å². The molecule has 134 valence electrons. The summed E-state index contributed by atoms with van der Waals surface area (Å²) in [6.07, 6.45) is 0.615. The van der Waals surface area contributed by atoms with Crippen LogP contribution >= 0.6 is 0 Å². The number of hydrogen-bond acceptors (Lipinski definition) is 4. The Hall–Kier alpha value is -3.35. The molecular weight excluding hydrogens is 348 g/mol. The lowest BCUT2D eigenvalue weighted by molar-refractivity contribution is 0.588. The molecule has 0 amide bonds. The van der Waals surface area contributed by atoms with Gasteiger partial charge < -0.3 is 4.90 Å². The maximum absolute atomic E-state index is 14.2. The maximum atomic E-state index is 14.2. The molecule has 2 aromatic heterocycles. The molecule has 0 unspecified atom stereocenters. The summed E-state index contributed by atoms with van der Waals surface area (Å²) in [6.45, 7) is 1.23. The normalized spacial score (nSPS) is 13.8. The summed E-state index contributed by atoms with van der Waals surface area (Å²) in [5.41, 5.74) is 2.62. The minimum absolute atomic E-state index is 0.156. The Kier molecular flexibility index (Phi) is 3.60. The highest BCUT2D eigenvalue weighted by molar-refractivity contribution is 5.60. The largest absolute Gasteiger partial charge is 0.351 e. The Balaban J connectivity index is 1.56. The predicted molar refractivity (Wildman–Crippen MR) is 97.3 cm³/mol. The van der Waals surface area contributed by atoms with Gasteiger partial charge in [0.05, 0.1) is 5.56 Å². The molecule has 0 atom stereocenters. The van der Waals surface area contributed by atoms with Gasteiger partial charge in [-0.05, 0) is 47.9 Å². The van der Waals surface area contributed by atoms with Crippen molar-refractivity contribution in [3.05, 3.63) is 77.4 Å². The Labute approximate surface area is 153 Å². The van der Waals surface area contributed by atoms with E-state index in [0.29, 0.717) is 36.5 Å². The minimum Gasteiger partial charge on any atom is -0.351 e. The molecule has 0 radical (unpaired) electrons. The smallest absolute Gasteiger partial charge is 0.188 e. The van der Waals surface area contributed by atoms with Crippen LogP contribution in [0, 0.1) is 11.6 Å². The number of nitrogens with zero attached hydrogens (tertiary/aromatic N) is 5. The highest BCUT2D eigenvalue weighted by Gasteiger charge is 2.21. The van der Waals surface area contributed by atoms with Crippen LogP contribution in [0.1, 0.15) is 11.1 Å². The van der Waals surface area contributed by atoms with Gasteiger partial charge in [-0.1, -0.05) is 24.3 Å². The fourth-order valence-corrected chi connectivity index (χ4v) is 3.52. The number of aromatic nitrogens is 4. The van der Waals surface area contributed by atoms with Crippen molar-refractivity contribution in [2.24, 2.45) is 0 Å². The summed E-state index contributed by atoms with van der Waals surface area (Å²) in [7, 11) is 0. The van der Waals surface area contributed by atoms with E-state index in [0.717, 1.165) is 16.9 Å². The minimum atomic E-state index is -0.374. The molecule has 0 N–H and O–H groups in total. The monoisotopic (exact) mass is 363 g/mol. The van der Waals surface area contributed by atoms with Crippen molar-refractivity contribution in [1.82, 2.24) is 19.8 Å². The lowest BCUT2D eigenvalue weighted by Crippen LogP contribution is -2.32. The molecule has 0 fully saturated rings. The second-order valence-electron chi connectivity index (χ2n) is 6.51. The Bertz CT molecular complexity index is 1150. The van der Waals surface area contributed by atoms with Gasteiger partial charge >= 0.3 is 0 Å². The molecule has 4 aromatic rings. The Morgan fingerprint density at radius 2 is 1.70 bits per heavy atom. The van der Waals surface area contributed by atoms with Crippen molar-refractivity contribution in [1.29, 1.82) is 0 Å². The highest BCUT2D eigenvalue weighted by atomic mass is 19.1. The van der Waals surface area contributed by atoms with Gasteiger partial charge in [0.25, 0.3) is 0 Å². The highest BCUT2D eigenvalue weighted by Crippen LogP contribution is 2.26. The van der Waals surface area contributed by atoms with Gasteiger partial charge in [-0.2, -0.15) is 4.52 Å². The van der Waals surface area contributed by atoms with Gasteiger partial charge in [0.15, 0.2) is 11.5 Å². The second-order valence-corrected chi connectivity index (χ2v) is 6.51.